The van der Waals surface area contributed by atoms with E-state index in [-0.39, 0.29) is 17.5 Å². The van der Waals surface area contributed by atoms with Gasteiger partial charge in [-0.3, -0.25) is 14.4 Å². The number of thioether (sulfide) groups is 1. The van der Waals surface area contributed by atoms with E-state index in [1.165, 1.54) is 6.07 Å². The average Bonchev–Trinajstić information content (AvgIpc) is 2.53. The smallest absolute Gasteiger partial charge is 0.316 e. The summed E-state index contributed by atoms with van der Waals surface area (Å²) in [7, 11) is 0. The van der Waals surface area contributed by atoms with Crippen LogP contribution < -0.4 is 5.56 Å². The summed E-state index contributed by atoms with van der Waals surface area (Å²) in [5, 5.41) is 0.178. The van der Waals surface area contributed by atoms with Gasteiger partial charge in [-0.05, 0) is 26.0 Å². The highest BCUT2D eigenvalue weighted by atomic mass is 32.2. The largest absolute Gasteiger partial charge is 0.465 e. The van der Waals surface area contributed by atoms with E-state index >= 15 is 0 Å². The van der Waals surface area contributed by atoms with Gasteiger partial charge in [0, 0.05) is 17.3 Å². The number of benzene rings is 1. The Balaban J connectivity index is 2.36. The molecule has 0 aliphatic rings. The minimum absolute atomic E-state index is 0.0220. The lowest BCUT2D eigenvalue weighted by Gasteiger charge is -2.10. The number of hydrogen-bond acceptors (Lipinski definition) is 6. The summed E-state index contributed by atoms with van der Waals surface area (Å²) in [6.07, 6.45) is 0. The first-order chi connectivity index (χ1) is 11.0. The van der Waals surface area contributed by atoms with E-state index in [0.29, 0.717) is 11.3 Å². The molecule has 2 rings (SSSR count). The van der Waals surface area contributed by atoms with Crippen LogP contribution in [0.4, 0.5) is 0 Å². The third-order valence-corrected chi connectivity index (χ3v) is 3.78. The molecule has 0 radical (unpaired) electrons. The zero-order valence-electron chi connectivity index (χ0n) is 12.8. The number of carbonyl (C=O) groups is 2. The van der Waals surface area contributed by atoms with Crippen LogP contribution in [0, 0.1) is 6.92 Å². The molecule has 6 nitrogen and oxygen atoms in total. The second-order valence-electron chi connectivity index (χ2n) is 4.62. The third kappa shape index (κ3) is 4.29. The Morgan fingerprint density at radius 1 is 1.26 bits per heavy atom. The molecule has 120 valence electrons. The van der Waals surface area contributed by atoms with Gasteiger partial charge in [0.15, 0.2) is 5.16 Å². The average molecular weight is 332 g/mol. The second kappa shape index (κ2) is 7.73. The van der Waals surface area contributed by atoms with Crippen LogP contribution in [0.1, 0.15) is 23.0 Å². The number of carbonyl (C=O) groups excluding carboxylic acids is 2. The molecule has 0 bridgehead atoms. The van der Waals surface area contributed by atoms with Crippen molar-refractivity contribution in [1.29, 1.82) is 0 Å². The summed E-state index contributed by atoms with van der Waals surface area (Å²) in [5.41, 5.74) is 0.384. The van der Waals surface area contributed by atoms with Crippen LogP contribution in [0.15, 0.2) is 46.3 Å². The van der Waals surface area contributed by atoms with E-state index in [1.807, 2.05) is 0 Å². The minimum atomic E-state index is -0.477. The quantitative estimate of drug-likeness (QED) is 0.473. The van der Waals surface area contributed by atoms with Crippen LogP contribution in [0.2, 0.25) is 0 Å². The summed E-state index contributed by atoms with van der Waals surface area (Å²) in [6, 6.07) is 9.73. The van der Waals surface area contributed by atoms with Gasteiger partial charge in [-0.25, -0.2) is 9.55 Å². The topological polar surface area (TPSA) is 78.3 Å². The van der Waals surface area contributed by atoms with E-state index in [2.05, 4.69) is 4.98 Å². The number of ether oxygens (including phenoxy) is 1. The standard InChI is InChI=1S/C16H16N2O4S/c1-3-22-14(20)10-23-16-17-11(2)9-13(19)18(16)15(21)12-7-5-4-6-8-12/h4-9H,3,10H2,1-2H3. The zero-order chi connectivity index (χ0) is 16.8. The molecule has 0 saturated carbocycles. The number of nitrogens with zero attached hydrogens (tertiary/aromatic N) is 2. The molecule has 1 aromatic carbocycles. The van der Waals surface area contributed by atoms with E-state index in [0.717, 1.165) is 16.3 Å². The Morgan fingerprint density at radius 2 is 1.96 bits per heavy atom. The lowest BCUT2D eigenvalue weighted by Crippen LogP contribution is -2.30. The number of aromatic nitrogens is 2. The molecule has 0 atom stereocenters. The molecule has 23 heavy (non-hydrogen) atoms. The van der Waals surface area contributed by atoms with Crippen LogP contribution in [-0.4, -0.2) is 33.8 Å². The molecule has 0 N–H and O–H groups in total. The van der Waals surface area contributed by atoms with Crippen LogP contribution in [0.5, 0.6) is 0 Å². The summed E-state index contributed by atoms with van der Waals surface area (Å²) in [5.74, 6) is -0.923. The number of aryl methyl sites for hydroxylation is 1. The Kier molecular flexibility index (Phi) is 5.70. The lowest BCUT2D eigenvalue weighted by molar-refractivity contribution is -0.139. The lowest BCUT2D eigenvalue weighted by atomic mass is 10.2. The summed E-state index contributed by atoms with van der Waals surface area (Å²) in [4.78, 5) is 40.5. The molecule has 1 heterocycles. The van der Waals surface area contributed by atoms with Crippen molar-refractivity contribution in [3.05, 3.63) is 58.0 Å². The molecule has 0 unspecified atom stereocenters. The Labute approximate surface area is 137 Å². The zero-order valence-corrected chi connectivity index (χ0v) is 13.6. The van der Waals surface area contributed by atoms with E-state index in [9.17, 15) is 14.4 Å². The predicted molar refractivity (Wildman–Crippen MR) is 86.8 cm³/mol. The number of hydrogen-bond donors (Lipinski definition) is 0. The van der Waals surface area contributed by atoms with E-state index in [1.54, 1.807) is 44.2 Å². The van der Waals surface area contributed by atoms with Gasteiger partial charge in [-0.15, -0.1) is 0 Å². The monoisotopic (exact) mass is 332 g/mol. The predicted octanol–water partition coefficient (Wildman–Crippen LogP) is 1.90. The Morgan fingerprint density at radius 3 is 2.61 bits per heavy atom. The molecule has 0 aliphatic carbocycles. The van der Waals surface area contributed by atoms with Crippen molar-refractivity contribution < 1.29 is 14.3 Å². The Bertz CT molecular complexity index is 771. The first-order valence-electron chi connectivity index (χ1n) is 7.01. The summed E-state index contributed by atoms with van der Waals surface area (Å²) >= 11 is 1.00. The first kappa shape index (κ1) is 17.0. The first-order valence-corrected chi connectivity index (χ1v) is 8.00. The van der Waals surface area contributed by atoms with Gasteiger partial charge < -0.3 is 4.74 Å². The van der Waals surface area contributed by atoms with Crippen LogP contribution in [0.25, 0.3) is 0 Å². The maximum absolute atomic E-state index is 12.6. The second-order valence-corrected chi connectivity index (χ2v) is 5.56. The fraction of sp³-hybridized carbons (Fsp3) is 0.250. The van der Waals surface area contributed by atoms with E-state index < -0.39 is 17.4 Å². The molecule has 0 spiro atoms. The molecule has 0 saturated heterocycles. The van der Waals surface area contributed by atoms with E-state index in [4.69, 9.17) is 4.74 Å². The van der Waals surface area contributed by atoms with Crippen molar-refractivity contribution in [1.82, 2.24) is 9.55 Å². The van der Waals surface area contributed by atoms with Gasteiger partial charge in [0.2, 0.25) is 0 Å². The van der Waals surface area contributed by atoms with Gasteiger partial charge in [0.1, 0.15) is 0 Å². The highest BCUT2D eigenvalue weighted by molar-refractivity contribution is 7.99. The molecule has 0 fully saturated rings. The fourth-order valence-corrected chi connectivity index (χ4v) is 2.73. The van der Waals surface area contributed by atoms with Gasteiger partial charge in [0.25, 0.3) is 11.5 Å². The minimum Gasteiger partial charge on any atom is -0.465 e. The van der Waals surface area contributed by atoms with Crippen LogP contribution in [0.3, 0.4) is 0 Å². The van der Waals surface area contributed by atoms with Crippen molar-refractivity contribution in [2.45, 2.75) is 19.0 Å². The van der Waals surface area contributed by atoms with Crippen molar-refractivity contribution in [3.63, 3.8) is 0 Å². The number of rotatable bonds is 5. The molecular weight excluding hydrogens is 316 g/mol. The van der Waals surface area contributed by atoms with Crippen molar-refractivity contribution in [2.75, 3.05) is 12.4 Å². The highest BCUT2D eigenvalue weighted by Gasteiger charge is 2.17. The molecule has 0 aliphatic heterocycles. The molecule has 7 heteroatoms. The van der Waals surface area contributed by atoms with Gasteiger partial charge in [0.05, 0.1) is 12.4 Å². The third-order valence-electron chi connectivity index (χ3n) is 2.86. The van der Waals surface area contributed by atoms with Crippen LogP contribution in [-0.2, 0) is 9.53 Å². The summed E-state index contributed by atoms with van der Waals surface area (Å²) < 4.78 is 5.83. The fourth-order valence-electron chi connectivity index (χ4n) is 1.89. The van der Waals surface area contributed by atoms with Gasteiger partial charge in [-0.2, -0.15) is 0 Å². The highest BCUT2D eigenvalue weighted by Crippen LogP contribution is 2.16. The SMILES string of the molecule is CCOC(=O)CSc1nc(C)cc(=O)n1C(=O)c1ccccc1. The normalized spacial score (nSPS) is 10.3. The summed E-state index contributed by atoms with van der Waals surface area (Å²) in [6.45, 7) is 3.64. The van der Waals surface area contributed by atoms with Crippen molar-refractivity contribution in [3.8, 4) is 0 Å². The maximum atomic E-state index is 12.6. The van der Waals surface area contributed by atoms with Gasteiger partial charge in [-0.1, -0.05) is 30.0 Å². The van der Waals surface area contributed by atoms with Crippen molar-refractivity contribution in [2.24, 2.45) is 0 Å². The van der Waals surface area contributed by atoms with Gasteiger partial charge >= 0.3 is 5.97 Å². The number of esters is 1. The molecule has 0 amide bonds. The molecule has 2 aromatic rings. The molecular formula is C16H16N2O4S. The van der Waals surface area contributed by atoms with Crippen LogP contribution >= 0.6 is 11.8 Å². The Hall–Kier alpha value is -2.41. The molecule has 1 aromatic heterocycles. The van der Waals surface area contributed by atoms with Crippen molar-refractivity contribution >= 4 is 23.6 Å². The maximum Gasteiger partial charge on any atom is 0.316 e.